The van der Waals surface area contributed by atoms with E-state index in [2.05, 4.69) is 41.1 Å². The first-order chi connectivity index (χ1) is 15.0. The van der Waals surface area contributed by atoms with Crippen LogP contribution in [0.4, 0.5) is 0 Å². The average Bonchev–Trinajstić information content (AvgIpc) is 3.22. The molecule has 1 saturated carbocycles. The van der Waals surface area contributed by atoms with Gasteiger partial charge in [0.2, 0.25) is 0 Å². The summed E-state index contributed by atoms with van der Waals surface area (Å²) in [6, 6.07) is 8.70. The van der Waals surface area contributed by atoms with E-state index in [1.54, 1.807) is 13.3 Å². The monoisotopic (exact) mass is 411 g/mol. The first-order valence-corrected chi connectivity index (χ1v) is 10.9. The molecule has 3 aliphatic rings. The fourth-order valence-corrected chi connectivity index (χ4v) is 5.64. The van der Waals surface area contributed by atoms with E-state index in [1.807, 2.05) is 20.0 Å². The molecule has 1 N–H and O–H groups in total. The van der Waals surface area contributed by atoms with Crippen LogP contribution in [0.5, 0.6) is 0 Å². The lowest BCUT2D eigenvalue weighted by atomic mass is 9.65. The SMILES string of the molecule is CC#Cc1cncc(-c2ccc3c(c2)[C@@]2(N=C(C)C(=N)[N-]2)C2(CCC(OC)CC2)C3)c1. The van der Waals surface area contributed by atoms with Crippen LogP contribution in [0.3, 0.4) is 0 Å². The van der Waals surface area contributed by atoms with Crippen molar-refractivity contribution in [3.8, 4) is 23.0 Å². The maximum Gasteiger partial charge on any atom is 0.0998 e. The van der Waals surface area contributed by atoms with Crippen molar-refractivity contribution in [2.75, 3.05) is 7.11 Å². The molecule has 0 bridgehead atoms. The third-order valence-corrected chi connectivity index (χ3v) is 7.26. The van der Waals surface area contributed by atoms with Crippen LogP contribution in [0.25, 0.3) is 16.4 Å². The smallest absolute Gasteiger partial charge is 0.0998 e. The number of pyridine rings is 1. The Hall–Kier alpha value is -2.97. The van der Waals surface area contributed by atoms with E-state index < -0.39 is 5.66 Å². The van der Waals surface area contributed by atoms with Crippen LogP contribution < -0.4 is 0 Å². The third-order valence-electron chi connectivity index (χ3n) is 7.26. The molecule has 0 saturated heterocycles. The Kier molecular flexibility index (Phi) is 4.71. The topological polar surface area (TPSA) is 72.4 Å². The van der Waals surface area contributed by atoms with Crippen molar-refractivity contribution >= 4 is 11.5 Å². The molecule has 0 amide bonds. The summed E-state index contributed by atoms with van der Waals surface area (Å²) < 4.78 is 5.65. The Morgan fingerprint density at radius 1 is 1.16 bits per heavy atom. The van der Waals surface area contributed by atoms with Gasteiger partial charge < -0.3 is 15.5 Å². The maximum atomic E-state index is 8.41. The molecule has 1 atom stereocenters. The highest BCUT2D eigenvalue weighted by atomic mass is 16.5. The maximum absolute atomic E-state index is 8.41. The van der Waals surface area contributed by atoms with Crippen molar-refractivity contribution in [1.29, 1.82) is 5.41 Å². The zero-order valence-electron chi connectivity index (χ0n) is 18.3. The number of fused-ring (bicyclic) bond motifs is 3. The number of hydrogen-bond donors (Lipinski definition) is 1. The zero-order valence-corrected chi connectivity index (χ0v) is 18.3. The quantitative estimate of drug-likeness (QED) is 0.687. The van der Waals surface area contributed by atoms with Crippen LogP contribution in [-0.2, 0) is 16.8 Å². The van der Waals surface area contributed by atoms with Crippen molar-refractivity contribution in [3.63, 3.8) is 0 Å². The fourth-order valence-electron chi connectivity index (χ4n) is 5.64. The van der Waals surface area contributed by atoms with E-state index in [-0.39, 0.29) is 5.41 Å². The summed E-state index contributed by atoms with van der Waals surface area (Å²) >= 11 is 0. The summed E-state index contributed by atoms with van der Waals surface area (Å²) in [6.07, 6.45) is 8.97. The second kappa shape index (κ2) is 7.32. The molecule has 158 valence electrons. The predicted molar refractivity (Wildman–Crippen MR) is 123 cm³/mol. The summed E-state index contributed by atoms with van der Waals surface area (Å²) in [7, 11) is 1.80. The number of nitrogens with one attached hydrogen (secondary N) is 1. The summed E-state index contributed by atoms with van der Waals surface area (Å²) in [5.74, 6) is 6.35. The van der Waals surface area contributed by atoms with Gasteiger partial charge in [-0.25, -0.2) is 0 Å². The molecule has 5 rings (SSSR count). The van der Waals surface area contributed by atoms with Gasteiger partial charge in [-0.05, 0) is 80.6 Å². The van der Waals surface area contributed by atoms with Crippen molar-refractivity contribution in [1.82, 2.24) is 4.98 Å². The lowest BCUT2D eigenvalue weighted by molar-refractivity contribution is 0.00713. The van der Waals surface area contributed by atoms with Gasteiger partial charge in [0.1, 0.15) is 0 Å². The minimum Gasteiger partial charge on any atom is -0.481 e. The van der Waals surface area contributed by atoms with Crippen LogP contribution in [-0.4, -0.2) is 29.7 Å². The fraction of sp³-hybridized carbons (Fsp3) is 0.423. The molecule has 1 fully saturated rings. The minimum atomic E-state index is -0.688. The number of amidine groups is 1. The number of aromatic nitrogens is 1. The van der Waals surface area contributed by atoms with Gasteiger partial charge in [-0.2, -0.15) is 0 Å². The van der Waals surface area contributed by atoms with E-state index in [4.69, 9.17) is 20.5 Å². The molecule has 0 unspecified atom stereocenters. The normalized spacial score (nSPS) is 28.8. The highest BCUT2D eigenvalue weighted by Crippen LogP contribution is 2.64. The molecular weight excluding hydrogens is 384 g/mol. The molecule has 2 spiro atoms. The Morgan fingerprint density at radius 3 is 2.65 bits per heavy atom. The molecule has 31 heavy (non-hydrogen) atoms. The van der Waals surface area contributed by atoms with Gasteiger partial charge >= 0.3 is 0 Å². The molecule has 1 aromatic carbocycles. The molecule has 5 heteroatoms. The van der Waals surface area contributed by atoms with Crippen molar-refractivity contribution in [3.05, 3.63) is 58.7 Å². The lowest BCUT2D eigenvalue weighted by Crippen LogP contribution is -2.43. The average molecular weight is 412 g/mol. The predicted octanol–water partition coefficient (Wildman–Crippen LogP) is 5.23. The third kappa shape index (κ3) is 3.01. The van der Waals surface area contributed by atoms with Crippen molar-refractivity contribution in [2.24, 2.45) is 10.4 Å². The molecule has 2 aromatic rings. The Bertz CT molecular complexity index is 1150. The number of rotatable bonds is 2. The van der Waals surface area contributed by atoms with Crippen molar-refractivity contribution < 1.29 is 4.74 Å². The molecule has 5 nitrogen and oxygen atoms in total. The first kappa shape index (κ1) is 20.0. The number of methoxy groups -OCH3 is 1. The van der Waals surface area contributed by atoms with Gasteiger partial charge in [-0.3, -0.25) is 9.98 Å². The summed E-state index contributed by atoms with van der Waals surface area (Å²) in [4.78, 5) is 9.48. The molecule has 2 aliphatic carbocycles. The van der Waals surface area contributed by atoms with E-state index >= 15 is 0 Å². The van der Waals surface area contributed by atoms with Gasteiger partial charge in [0.25, 0.3) is 0 Å². The molecule has 1 aliphatic heterocycles. The largest absolute Gasteiger partial charge is 0.481 e. The van der Waals surface area contributed by atoms with E-state index in [1.165, 1.54) is 5.56 Å². The zero-order chi connectivity index (χ0) is 21.6. The van der Waals surface area contributed by atoms with E-state index in [9.17, 15) is 0 Å². The van der Waals surface area contributed by atoms with Gasteiger partial charge in [-0.1, -0.05) is 18.1 Å². The summed E-state index contributed by atoms with van der Waals surface area (Å²) in [5.41, 5.74) is 5.44. The number of ether oxygens (including phenoxy) is 1. The highest BCUT2D eigenvalue weighted by molar-refractivity contribution is 6.46. The van der Waals surface area contributed by atoms with Gasteiger partial charge in [0.15, 0.2) is 0 Å². The van der Waals surface area contributed by atoms with Crippen LogP contribution >= 0.6 is 0 Å². The molecular formula is C26H27N4O-. The Balaban J connectivity index is 1.62. The van der Waals surface area contributed by atoms with E-state index in [0.717, 1.165) is 60.1 Å². The second-order valence-electron chi connectivity index (χ2n) is 8.93. The molecule has 1 aromatic heterocycles. The Labute approximate surface area is 183 Å². The van der Waals surface area contributed by atoms with Crippen LogP contribution in [0.2, 0.25) is 0 Å². The Morgan fingerprint density at radius 2 is 1.97 bits per heavy atom. The minimum absolute atomic E-state index is 0.0825. The number of aliphatic imine (C=N–C) groups is 1. The van der Waals surface area contributed by atoms with Gasteiger partial charge in [-0.15, -0.1) is 5.92 Å². The second-order valence-corrected chi connectivity index (χ2v) is 8.93. The van der Waals surface area contributed by atoms with Gasteiger partial charge in [0, 0.05) is 41.8 Å². The summed E-state index contributed by atoms with van der Waals surface area (Å²) in [5, 5.41) is 13.4. The van der Waals surface area contributed by atoms with Crippen LogP contribution in [0.1, 0.15) is 56.2 Å². The highest BCUT2D eigenvalue weighted by Gasteiger charge is 2.57. The van der Waals surface area contributed by atoms with Crippen LogP contribution in [0.15, 0.2) is 41.7 Å². The summed E-state index contributed by atoms with van der Waals surface area (Å²) in [6.45, 7) is 3.74. The van der Waals surface area contributed by atoms with Crippen molar-refractivity contribution in [2.45, 2.75) is 57.7 Å². The van der Waals surface area contributed by atoms with Gasteiger partial charge in [0.05, 0.1) is 11.8 Å². The van der Waals surface area contributed by atoms with Crippen LogP contribution in [0, 0.1) is 22.7 Å². The number of benzene rings is 1. The standard InChI is InChI=1S/C26H27N4O/c1-4-5-18-12-21(16-28-15-18)19-6-7-20-14-25(10-8-22(31-3)9-11-25)26(23(20)13-19)29-17(2)24(27)30-26/h6-7,12-13,15-16,22H,8-11,14H2,1-3H3,(H-,27,30)/q-1/t22?,25?,26-/m0/s1. The number of nitrogens with zero attached hydrogens (tertiary/aromatic N) is 3. The lowest BCUT2D eigenvalue weighted by Gasteiger charge is -2.49. The first-order valence-electron chi connectivity index (χ1n) is 10.9. The molecule has 2 heterocycles. The molecule has 0 radical (unpaired) electrons. The number of hydrogen-bond acceptors (Lipinski definition) is 4. The van der Waals surface area contributed by atoms with E-state index in [0.29, 0.717) is 11.9 Å².